The van der Waals surface area contributed by atoms with Gasteiger partial charge in [-0.25, -0.2) is 9.13 Å². The number of hydrogen-bond donors (Lipinski definition) is 1. The fourth-order valence-electron chi connectivity index (χ4n) is 2.90. The van der Waals surface area contributed by atoms with Crippen LogP contribution in [0.25, 0.3) is 11.0 Å². The first-order chi connectivity index (χ1) is 11.1. The van der Waals surface area contributed by atoms with E-state index in [2.05, 4.69) is 28.2 Å². The number of halogens is 1. The predicted molar refractivity (Wildman–Crippen MR) is 90.5 cm³/mol. The van der Waals surface area contributed by atoms with E-state index in [0.717, 1.165) is 28.2 Å². The van der Waals surface area contributed by atoms with Crippen molar-refractivity contribution in [2.45, 2.75) is 26.5 Å². The third-order valence-electron chi connectivity index (χ3n) is 4.33. The van der Waals surface area contributed by atoms with Crippen molar-refractivity contribution in [1.29, 1.82) is 0 Å². The Balaban J connectivity index is 0.00000208. The van der Waals surface area contributed by atoms with Crippen LogP contribution in [0.3, 0.4) is 0 Å². The van der Waals surface area contributed by atoms with E-state index >= 15 is 0 Å². The molecule has 0 aliphatic carbocycles. The average molecular weight is 438 g/mol. The molecule has 1 heterocycles. The van der Waals surface area contributed by atoms with Gasteiger partial charge >= 0.3 is 0 Å². The third kappa shape index (κ3) is 3.72. The molecule has 4 nitrogen and oxygen atoms in total. The first-order valence-corrected chi connectivity index (χ1v) is 7.88. The molecule has 128 valence electrons. The Labute approximate surface area is 159 Å². The van der Waals surface area contributed by atoms with Crippen LogP contribution >= 0.6 is 0 Å². The van der Waals surface area contributed by atoms with E-state index in [-0.39, 0.29) is 30.6 Å². The third-order valence-corrected chi connectivity index (χ3v) is 4.33. The standard InChI is InChI=1S/C19H23N2O2.HI/c1-14-8-4-7-11-19(14)23-13-16(22)12-21-15(2)20(3)17-9-5-6-10-18(17)21;/h4-11,16,22H,12-13H2,1-3H3;1H/q+1;/p-1. The van der Waals surface area contributed by atoms with Crippen molar-refractivity contribution in [3.63, 3.8) is 0 Å². The van der Waals surface area contributed by atoms with Crippen molar-refractivity contribution in [1.82, 2.24) is 4.57 Å². The Kier molecular flexibility index (Phi) is 6.23. The van der Waals surface area contributed by atoms with Crippen LogP contribution in [0.4, 0.5) is 0 Å². The fourth-order valence-corrected chi connectivity index (χ4v) is 2.90. The van der Waals surface area contributed by atoms with Crippen LogP contribution in [-0.2, 0) is 13.6 Å². The minimum absolute atomic E-state index is 0. The van der Waals surface area contributed by atoms with Crippen LogP contribution < -0.4 is 33.3 Å². The van der Waals surface area contributed by atoms with E-state index in [9.17, 15) is 5.11 Å². The summed E-state index contributed by atoms with van der Waals surface area (Å²) in [6.07, 6.45) is -0.566. The van der Waals surface area contributed by atoms with Crippen LogP contribution in [0, 0.1) is 13.8 Å². The maximum Gasteiger partial charge on any atom is 0.254 e. The van der Waals surface area contributed by atoms with Gasteiger partial charge in [0, 0.05) is 6.92 Å². The summed E-state index contributed by atoms with van der Waals surface area (Å²) in [5.41, 5.74) is 3.37. The lowest BCUT2D eigenvalue weighted by Crippen LogP contribution is -3.00. The van der Waals surface area contributed by atoms with Crippen LogP contribution in [0.1, 0.15) is 11.4 Å². The van der Waals surface area contributed by atoms with E-state index in [1.54, 1.807) is 0 Å². The summed E-state index contributed by atoms with van der Waals surface area (Å²) >= 11 is 0. The molecule has 0 spiro atoms. The quantitative estimate of drug-likeness (QED) is 0.432. The number of rotatable bonds is 5. The highest BCUT2D eigenvalue weighted by Crippen LogP contribution is 2.17. The minimum Gasteiger partial charge on any atom is -1.00 e. The highest BCUT2D eigenvalue weighted by molar-refractivity contribution is 5.72. The molecule has 1 atom stereocenters. The molecule has 0 amide bonds. The van der Waals surface area contributed by atoms with E-state index in [1.165, 1.54) is 0 Å². The van der Waals surface area contributed by atoms with Crippen LogP contribution in [-0.4, -0.2) is 22.4 Å². The molecule has 0 saturated carbocycles. The second-order valence-corrected chi connectivity index (χ2v) is 5.94. The van der Waals surface area contributed by atoms with Crippen LogP contribution in [0.15, 0.2) is 48.5 Å². The van der Waals surface area contributed by atoms with Gasteiger partial charge in [0.1, 0.15) is 25.0 Å². The number of benzene rings is 2. The molecular formula is C19H23IN2O2. The summed E-state index contributed by atoms with van der Waals surface area (Å²) in [5, 5.41) is 10.4. The number of fused-ring (bicyclic) bond motifs is 1. The molecule has 3 aromatic rings. The molecule has 0 radical (unpaired) electrons. The molecule has 0 bridgehead atoms. The number of aryl methyl sites for hydroxylation is 2. The number of para-hydroxylation sites is 3. The maximum atomic E-state index is 10.4. The highest BCUT2D eigenvalue weighted by atomic mass is 127. The lowest BCUT2D eigenvalue weighted by molar-refractivity contribution is -0.652. The van der Waals surface area contributed by atoms with Crippen molar-refractivity contribution in [3.8, 4) is 5.75 Å². The van der Waals surface area contributed by atoms with Gasteiger partial charge in [0.05, 0.1) is 7.05 Å². The molecule has 2 aromatic carbocycles. The Bertz CT molecular complexity index is 829. The first kappa shape index (κ1) is 18.7. The summed E-state index contributed by atoms with van der Waals surface area (Å²) < 4.78 is 10.0. The van der Waals surface area contributed by atoms with Gasteiger partial charge in [-0.15, -0.1) is 0 Å². The zero-order valence-electron chi connectivity index (χ0n) is 14.2. The molecular weight excluding hydrogens is 415 g/mol. The topological polar surface area (TPSA) is 38.3 Å². The maximum absolute atomic E-state index is 10.4. The molecule has 0 aliphatic heterocycles. The number of ether oxygens (including phenoxy) is 1. The van der Waals surface area contributed by atoms with Crippen molar-refractivity contribution in [2.24, 2.45) is 7.05 Å². The van der Waals surface area contributed by atoms with Gasteiger partial charge in [-0.1, -0.05) is 30.3 Å². The van der Waals surface area contributed by atoms with Gasteiger partial charge in [0.2, 0.25) is 0 Å². The van der Waals surface area contributed by atoms with Crippen molar-refractivity contribution in [2.75, 3.05) is 6.61 Å². The summed E-state index contributed by atoms with van der Waals surface area (Å²) in [6, 6.07) is 16.1. The summed E-state index contributed by atoms with van der Waals surface area (Å²) in [6.45, 7) is 4.86. The Morgan fingerprint density at radius 3 is 2.50 bits per heavy atom. The number of nitrogens with zero attached hydrogens (tertiary/aromatic N) is 2. The molecule has 5 heteroatoms. The molecule has 0 fully saturated rings. The number of hydrogen-bond acceptors (Lipinski definition) is 2. The number of aromatic nitrogens is 2. The van der Waals surface area contributed by atoms with E-state index in [1.807, 2.05) is 50.4 Å². The van der Waals surface area contributed by atoms with E-state index in [0.29, 0.717) is 6.54 Å². The van der Waals surface area contributed by atoms with Gasteiger partial charge in [0.15, 0.2) is 11.0 Å². The van der Waals surface area contributed by atoms with Crippen molar-refractivity contribution < 1.29 is 38.4 Å². The Morgan fingerprint density at radius 2 is 1.75 bits per heavy atom. The second-order valence-electron chi connectivity index (χ2n) is 5.94. The minimum atomic E-state index is -0.566. The van der Waals surface area contributed by atoms with Crippen LogP contribution in [0.2, 0.25) is 0 Å². The smallest absolute Gasteiger partial charge is 0.254 e. The van der Waals surface area contributed by atoms with E-state index in [4.69, 9.17) is 4.74 Å². The second kappa shape index (κ2) is 7.98. The van der Waals surface area contributed by atoms with Gasteiger partial charge in [-0.3, -0.25) is 0 Å². The molecule has 1 aromatic heterocycles. The summed E-state index contributed by atoms with van der Waals surface area (Å²) in [7, 11) is 2.05. The normalized spacial score (nSPS) is 12.0. The summed E-state index contributed by atoms with van der Waals surface area (Å²) in [5.74, 6) is 1.94. The molecule has 1 unspecified atom stereocenters. The van der Waals surface area contributed by atoms with Gasteiger partial charge in [0.25, 0.3) is 5.82 Å². The predicted octanol–water partition coefficient (Wildman–Crippen LogP) is -0.473. The highest BCUT2D eigenvalue weighted by Gasteiger charge is 2.21. The van der Waals surface area contributed by atoms with Crippen molar-refractivity contribution in [3.05, 3.63) is 59.9 Å². The lowest BCUT2D eigenvalue weighted by atomic mass is 10.2. The fraction of sp³-hybridized carbons (Fsp3) is 0.316. The zero-order chi connectivity index (χ0) is 16.4. The lowest BCUT2D eigenvalue weighted by Gasteiger charge is -2.13. The van der Waals surface area contributed by atoms with E-state index < -0.39 is 6.10 Å². The zero-order valence-corrected chi connectivity index (χ0v) is 16.4. The van der Waals surface area contributed by atoms with Crippen LogP contribution in [0.5, 0.6) is 5.75 Å². The largest absolute Gasteiger partial charge is 1.00 e. The number of aliphatic hydroxyl groups excluding tert-OH is 1. The monoisotopic (exact) mass is 438 g/mol. The molecule has 0 saturated heterocycles. The van der Waals surface area contributed by atoms with Gasteiger partial charge in [-0.2, -0.15) is 0 Å². The SMILES string of the molecule is Cc1ccccc1OCC(O)Cn1c(C)[n+](C)c2ccccc21.[I-]. The first-order valence-electron chi connectivity index (χ1n) is 7.88. The molecule has 3 rings (SSSR count). The summed E-state index contributed by atoms with van der Waals surface area (Å²) in [4.78, 5) is 0. The van der Waals surface area contributed by atoms with Crippen molar-refractivity contribution >= 4 is 11.0 Å². The Morgan fingerprint density at radius 1 is 1.08 bits per heavy atom. The molecule has 0 aliphatic rings. The average Bonchev–Trinajstić information content (AvgIpc) is 2.80. The number of imidazole rings is 1. The van der Waals surface area contributed by atoms with Gasteiger partial charge in [-0.05, 0) is 30.7 Å². The van der Waals surface area contributed by atoms with Gasteiger partial charge < -0.3 is 33.8 Å². The molecule has 1 N–H and O–H groups in total. The number of aliphatic hydroxyl groups is 1. The molecule has 24 heavy (non-hydrogen) atoms. The Hall–Kier alpha value is -1.60.